The SMILES string of the molecule is CC(CN)CN1C=Nc2ccccc2S1(=O)=O. The third kappa shape index (κ3) is 2.18. The molecule has 92 valence electrons. The summed E-state index contributed by atoms with van der Waals surface area (Å²) in [5, 5.41) is 0. The van der Waals surface area contributed by atoms with Gasteiger partial charge < -0.3 is 5.73 Å². The van der Waals surface area contributed by atoms with Gasteiger partial charge in [0, 0.05) is 6.54 Å². The number of nitrogens with zero attached hydrogens (tertiary/aromatic N) is 2. The zero-order valence-corrected chi connectivity index (χ0v) is 10.4. The van der Waals surface area contributed by atoms with E-state index in [1.807, 2.05) is 6.92 Å². The van der Waals surface area contributed by atoms with Crippen molar-refractivity contribution in [3.63, 3.8) is 0 Å². The van der Waals surface area contributed by atoms with Crippen LogP contribution < -0.4 is 5.73 Å². The smallest absolute Gasteiger partial charge is 0.267 e. The maximum Gasteiger partial charge on any atom is 0.267 e. The predicted molar refractivity (Wildman–Crippen MR) is 66.7 cm³/mol. The molecular weight excluding hydrogens is 238 g/mol. The van der Waals surface area contributed by atoms with E-state index in [0.717, 1.165) is 0 Å². The first-order valence-corrected chi connectivity index (χ1v) is 6.85. The zero-order valence-electron chi connectivity index (χ0n) is 9.57. The Bertz CT molecular complexity index is 539. The molecule has 0 bridgehead atoms. The summed E-state index contributed by atoms with van der Waals surface area (Å²) in [7, 11) is -3.46. The number of aliphatic imine (C=N–C) groups is 1. The lowest BCUT2D eigenvalue weighted by Crippen LogP contribution is -2.37. The fourth-order valence-corrected chi connectivity index (χ4v) is 3.13. The molecule has 2 N–H and O–H groups in total. The number of hydrogen-bond acceptors (Lipinski definition) is 4. The minimum absolute atomic E-state index is 0.0986. The first-order valence-electron chi connectivity index (χ1n) is 5.41. The summed E-state index contributed by atoms with van der Waals surface area (Å²) in [4.78, 5) is 4.39. The molecule has 1 heterocycles. The van der Waals surface area contributed by atoms with Crippen molar-refractivity contribution in [2.45, 2.75) is 11.8 Å². The molecule has 2 rings (SSSR count). The van der Waals surface area contributed by atoms with Crippen molar-refractivity contribution in [3.05, 3.63) is 24.3 Å². The molecular formula is C11H15N3O2S. The lowest BCUT2D eigenvalue weighted by atomic mass is 10.2. The van der Waals surface area contributed by atoms with Gasteiger partial charge in [0.05, 0.1) is 5.69 Å². The third-order valence-corrected chi connectivity index (χ3v) is 4.43. The van der Waals surface area contributed by atoms with Crippen LogP contribution in [-0.4, -0.2) is 32.2 Å². The van der Waals surface area contributed by atoms with E-state index >= 15 is 0 Å². The molecule has 0 spiro atoms. The van der Waals surface area contributed by atoms with E-state index in [0.29, 0.717) is 18.8 Å². The van der Waals surface area contributed by atoms with Gasteiger partial charge >= 0.3 is 0 Å². The molecule has 6 heteroatoms. The van der Waals surface area contributed by atoms with Gasteiger partial charge in [0.2, 0.25) is 0 Å². The van der Waals surface area contributed by atoms with Crippen LogP contribution in [-0.2, 0) is 10.0 Å². The largest absolute Gasteiger partial charge is 0.330 e. The van der Waals surface area contributed by atoms with Crippen LogP contribution in [0.25, 0.3) is 0 Å². The van der Waals surface area contributed by atoms with Gasteiger partial charge in [-0.3, -0.25) is 4.31 Å². The maximum atomic E-state index is 12.2. The normalized spacial score (nSPS) is 18.8. The first kappa shape index (κ1) is 12.1. The molecule has 0 saturated carbocycles. The second kappa shape index (κ2) is 4.46. The average Bonchev–Trinajstić information content (AvgIpc) is 2.33. The van der Waals surface area contributed by atoms with Gasteiger partial charge in [-0.05, 0) is 24.6 Å². The van der Waals surface area contributed by atoms with Crippen LogP contribution >= 0.6 is 0 Å². The van der Waals surface area contributed by atoms with Crippen molar-refractivity contribution in [1.29, 1.82) is 0 Å². The minimum atomic E-state index is -3.46. The van der Waals surface area contributed by atoms with E-state index in [9.17, 15) is 8.42 Å². The second-order valence-corrected chi connectivity index (χ2v) is 5.99. The Kier molecular flexibility index (Phi) is 3.17. The first-order chi connectivity index (χ1) is 8.05. The van der Waals surface area contributed by atoms with Crippen molar-refractivity contribution < 1.29 is 8.42 Å². The summed E-state index contributed by atoms with van der Waals surface area (Å²) in [5.74, 6) is 0.0986. The molecule has 5 nitrogen and oxygen atoms in total. The van der Waals surface area contributed by atoms with Crippen LogP contribution in [0.2, 0.25) is 0 Å². The number of sulfonamides is 1. The monoisotopic (exact) mass is 253 g/mol. The second-order valence-electron chi connectivity index (χ2n) is 4.13. The van der Waals surface area contributed by atoms with Gasteiger partial charge in [-0.15, -0.1) is 0 Å². The molecule has 1 aromatic carbocycles. The van der Waals surface area contributed by atoms with Gasteiger partial charge in [-0.1, -0.05) is 19.1 Å². The van der Waals surface area contributed by atoms with Gasteiger partial charge in [-0.25, -0.2) is 13.4 Å². The highest BCUT2D eigenvalue weighted by molar-refractivity contribution is 7.89. The minimum Gasteiger partial charge on any atom is -0.330 e. The van der Waals surface area contributed by atoms with Crippen molar-refractivity contribution >= 4 is 22.0 Å². The van der Waals surface area contributed by atoms with Crippen LogP contribution in [0.4, 0.5) is 5.69 Å². The van der Waals surface area contributed by atoms with E-state index in [2.05, 4.69) is 4.99 Å². The molecule has 1 unspecified atom stereocenters. The number of rotatable bonds is 3. The predicted octanol–water partition coefficient (Wildman–Crippen LogP) is 0.946. The van der Waals surface area contributed by atoms with E-state index in [1.54, 1.807) is 24.3 Å². The number of hydrogen-bond donors (Lipinski definition) is 1. The molecule has 17 heavy (non-hydrogen) atoms. The fourth-order valence-electron chi connectivity index (χ4n) is 1.62. The van der Waals surface area contributed by atoms with Crippen LogP contribution in [0.1, 0.15) is 6.92 Å². The summed E-state index contributed by atoms with van der Waals surface area (Å²) in [6, 6.07) is 6.72. The number of benzene rings is 1. The Morgan fingerprint density at radius 1 is 1.41 bits per heavy atom. The van der Waals surface area contributed by atoms with E-state index in [1.165, 1.54) is 10.6 Å². The van der Waals surface area contributed by atoms with Crippen molar-refractivity contribution in [3.8, 4) is 0 Å². The van der Waals surface area contributed by atoms with E-state index < -0.39 is 10.0 Å². The van der Waals surface area contributed by atoms with Gasteiger partial charge in [0.1, 0.15) is 11.2 Å². The average molecular weight is 253 g/mol. The van der Waals surface area contributed by atoms with E-state index in [-0.39, 0.29) is 10.8 Å². The van der Waals surface area contributed by atoms with Crippen molar-refractivity contribution in [1.82, 2.24) is 4.31 Å². The number of fused-ring (bicyclic) bond motifs is 1. The topological polar surface area (TPSA) is 75.8 Å². The maximum absolute atomic E-state index is 12.2. The molecule has 0 fully saturated rings. The standard InChI is InChI=1S/C11H15N3O2S/c1-9(6-12)7-14-8-13-10-4-2-3-5-11(10)17(14,15)16/h2-5,8-9H,6-7,12H2,1H3. The van der Waals surface area contributed by atoms with Crippen molar-refractivity contribution in [2.75, 3.05) is 13.1 Å². The molecule has 0 aliphatic carbocycles. The summed E-state index contributed by atoms with van der Waals surface area (Å²) in [6.45, 7) is 2.71. The Hall–Kier alpha value is -1.40. The fraction of sp³-hybridized carbons (Fsp3) is 0.364. The third-order valence-electron chi connectivity index (χ3n) is 2.67. The van der Waals surface area contributed by atoms with Crippen LogP contribution in [0, 0.1) is 5.92 Å². The van der Waals surface area contributed by atoms with Gasteiger partial charge in [0.15, 0.2) is 0 Å². The Balaban J connectivity index is 2.38. The molecule has 1 aliphatic rings. The highest BCUT2D eigenvalue weighted by Crippen LogP contribution is 2.29. The molecule has 0 amide bonds. The van der Waals surface area contributed by atoms with E-state index in [4.69, 9.17) is 5.73 Å². The van der Waals surface area contributed by atoms with Crippen LogP contribution in [0.5, 0.6) is 0 Å². The highest BCUT2D eigenvalue weighted by Gasteiger charge is 2.28. The quantitative estimate of drug-likeness (QED) is 0.871. The molecule has 1 aromatic rings. The molecule has 0 saturated heterocycles. The number of para-hydroxylation sites is 1. The Labute approximate surface area is 101 Å². The van der Waals surface area contributed by atoms with Crippen LogP contribution in [0.3, 0.4) is 0 Å². The summed E-state index contributed by atoms with van der Waals surface area (Å²) in [6.07, 6.45) is 1.36. The molecule has 1 atom stereocenters. The van der Waals surface area contributed by atoms with Crippen molar-refractivity contribution in [2.24, 2.45) is 16.6 Å². The number of nitrogens with two attached hydrogens (primary N) is 1. The Morgan fingerprint density at radius 2 is 2.12 bits per heavy atom. The summed E-state index contributed by atoms with van der Waals surface area (Å²) in [5.41, 5.74) is 6.00. The zero-order chi connectivity index (χ0) is 12.5. The highest BCUT2D eigenvalue weighted by atomic mass is 32.2. The lowest BCUT2D eigenvalue weighted by Gasteiger charge is -2.26. The van der Waals surface area contributed by atoms with Gasteiger partial charge in [-0.2, -0.15) is 0 Å². The van der Waals surface area contributed by atoms with Crippen LogP contribution in [0.15, 0.2) is 34.2 Å². The molecule has 0 radical (unpaired) electrons. The van der Waals surface area contributed by atoms with Gasteiger partial charge in [0.25, 0.3) is 10.0 Å². The molecule has 1 aliphatic heterocycles. The summed E-state index contributed by atoms with van der Waals surface area (Å²) < 4.78 is 25.8. The summed E-state index contributed by atoms with van der Waals surface area (Å²) >= 11 is 0. The molecule has 0 aromatic heterocycles. The Morgan fingerprint density at radius 3 is 2.82 bits per heavy atom. The lowest BCUT2D eigenvalue weighted by molar-refractivity contribution is 0.457.